The lowest BCUT2D eigenvalue weighted by Gasteiger charge is -2.21. The van der Waals surface area contributed by atoms with Gasteiger partial charge in [-0.3, -0.25) is 9.69 Å². The molecule has 0 atom stereocenters. The number of nitrogens with zero attached hydrogens (tertiary/aromatic N) is 1. The van der Waals surface area contributed by atoms with Crippen molar-refractivity contribution in [3.8, 4) is 0 Å². The van der Waals surface area contributed by atoms with E-state index < -0.39 is 0 Å². The largest absolute Gasteiger partial charge is 0.465 e. The molecule has 0 radical (unpaired) electrons. The quantitative estimate of drug-likeness (QED) is 0.566. The topological polar surface area (TPSA) is 38.8 Å². The second-order valence-corrected chi connectivity index (χ2v) is 4.00. The summed E-state index contributed by atoms with van der Waals surface area (Å²) >= 11 is 0. The molecule has 0 aliphatic rings. The number of hydrogen-bond acceptors (Lipinski definition) is 4. The smallest absolute Gasteiger partial charge is 0.320 e. The molecule has 0 amide bonds. The lowest BCUT2D eigenvalue weighted by Crippen LogP contribution is -2.34. The van der Waals surface area contributed by atoms with Crippen molar-refractivity contribution in [2.45, 2.75) is 40.2 Å². The van der Waals surface area contributed by atoms with Gasteiger partial charge in [-0.15, -0.1) is 0 Å². The molecule has 0 heterocycles. The predicted octanol–water partition coefficient (Wildman–Crippen LogP) is 1.69. The third-order valence-electron chi connectivity index (χ3n) is 2.06. The van der Waals surface area contributed by atoms with Crippen molar-refractivity contribution in [3.05, 3.63) is 0 Å². The first-order valence-corrected chi connectivity index (χ1v) is 6.09. The molecule has 0 spiro atoms. The molecule has 0 rings (SSSR count). The lowest BCUT2D eigenvalue weighted by atomic mass is 10.4. The highest BCUT2D eigenvalue weighted by atomic mass is 16.5. The SMILES string of the molecule is CCCN(CCOC(C)C)CC(=O)OCC. The van der Waals surface area contributed by atoms with Crippen LogP contribution in [0.4, 0.5) is 0 Å². The van der Waals surface area contributed by atoms with E-state index in [-0.39, 0.29) is 12.1 Å². The van der Waals surface area contributed by atoms with Crippen LogP contribution in [-0.4, -0.2) is 49.8 Å². The van der Waals surface area contributed by atoms with E-state index in [4.69, 9.17) is 9.47 Å². The minimum absolute atomic E-state index is 0.152. The second-order valence-electron chi connectivity index (χ2n) is 4.00. The molecule has 0 unspecified atom stereocenters. The standard InChI is InChI=1S/C12H25NO3/c1-5-7-13(8-9-16-11(3)4)10-12(14)15-6-2/h11H,5-10H2,1-4H3. The lowest BCUT2D eigenvalue weighted by molar-refractivity contribution is -0.144. The molecule has 0 aliphatic heterocycles. The van der Waals surface area contributed by atoms with Crippen molar-refractivity contribution >= 4 is 5.97 Å². The van der Waals surface area contributed by atoms with Gasteiger partial charge in [-0.05, 0) is 33.7 Å². The van der Waals surface area contributed by atoms with Crippen LogP contribution in [0.25, 0.3) is 0 Å². The van der Waals surface area contributed by atoms with E-state index >= 15 is 0 Å². The number of esters is 1. The molecule has 0 aromatic carbocycles. The highest BCUT2D eigenvalue weighted by Gasteiger charge is 2.10. The Balaban J connectivity index is 3.82. The van der Waals surface area contributed by atoms with Crippen LogP contribution in [0.2, 0.25) is 0 Å². The number of hydrogen-bond donors (Lipinski definition) is 0. The van der Waals surface area contributed by atoms with Gasteiger partial charge in [-0.25, -0.2) is 0 Å². The first kappa shape index (κ1) is 15.4. The van der Waals surface area contributed by atoms with Gasteiger partial charge >= 0.3 is 5.97 Å². The Morgan fingerprint density at radius 2 is 1.94 bits per heavy atom. The first-order chi connectivity index (χ1) is 7.60. The van der Waals surface area contributed by atoms with Crippen LogP contribution in [0.3, 0.4) is 0 Å². The molecule has 16 heavy (non-hydrogen) atoms. The minimum Gasteiger partial charge on any atom is -0.465 e. The summed E-state index contributed by atoms with van der Waals surface area (Å²) in [5, 5.41) is 0. The Labute approximate surface area is 98.9 Å². The molecule has 0 aromatic heterocycles. The van der Waals surface area contributed by atoms with Gasteiger partial charge in [-0.2, -0.15) is 0 Å². The summed E-state index contributed by atoms with van der Waals surface area (Å²) in [6.45, 7) is 11.1. The molecule has 0 aromatic rings. The van der Waals surface area contributed by atoms with Crippen LogP contribution < -0.4 is 0 Å². The van der Waals surface area contributed by atoms with E-state index in [0.29, 0.717) is 19.8 Å². The molecule has 0 aliphatic carbocycles. The van der Waals surface area contributed by atoms with E-state index in [0.717, 1.165) is 19.5 Å². The van der Waals surface area contributed by atoms with E-state index in [9.17, 15) is 4.79 Å². The fourth-order valence-corrected chi connectivity index (χ4v) is 1.39. The van der Waals surface area contributed by atoms with Crippen molar-refractivity contribution in [3.63, 3.8) is 0 Å². The molecule has 0 saturated carbocycles. The fraction of sp³-hybridized carbons (Fsp3) is 0.917. The summed E-state index contributed by atoms with van der Waals surface area (Å²) in [5.41, 5.74) is 0. The van der Waals surface area contributed by atoms with Crippen molar-refractivity contribution in [1.29, 1.82) is 0 Å². The van der Waals surface area contributed by atoms with Crippen LogP contribution in [0.1, 0.15) is 34.1 Å². The van der Waals surface area contributed by atoms with Gasteiger partial charge in [-0.1, -0.05) is 6.92 Å². The predicted molar refractivity (Wildman–Crippen MR) is 64.5 cm³/mol. The highest BCUT2D eigenvalue weighted by molar-refractivity contribution is 5.71. The minimum atomic E-state index is -0.152. The van der Waals surface area contributed by atoms with E-state index in [1.165, 1.54) is 0 Å². The molecule has 0 saturated heterocycles. The maximum Gasteiger partial charge on any atom is 0.320 e. The maximum atomic E-state index is 11.3. The summed E-state index contributed by atoms with van der Waals surface area (Å²) < 4.78 is 10.4. The molecule has 4 heteroatoms. The van der Waals surface area contributed by atoms with Crippen LogP contribution in [0.5, 0.6) is 0 Å². The van der Waals surface area contributed by atoms with Gasteiger partial charge in [0.2, 0.25) is 0 Å². The average molecular weight is 231 g/mol. The average Bonchev–Trinajstić information content (AvgIpc) is 2.17. The highest BCUT2D eigenvalue weighted by Crippen LogP contribution is 1.95. The van der Waals surface area contributed by atoms with Gasteiger partial charge in [0.1, 0.15) is 0 Å². The van der Waals surface area contributed by atoms with E-state index in [1.54, 1.807) is 0 Å². The van der Waals surface area contributed by atoms with E-state index in [2.05, 4.69) is 11.8 Å². The number of ether oxygens (including phenoxy) is 2. The van der Waals surface area contributed by atoms with Gasteiger partial charge < -0.3 is 9.47 Å². The zero-order chi connectivity index (χ0) is 12.4. The van der Waals surface area contributed by atoms with Gasteiger partial charge in [0, 0.05) is 6.54 Å². The molecule has 0 bridgehead atoms. The number of carbonyl (C=O) groups is 1. The second kappa shape index (κ2) is 9.60. The normalized spacial score (nSPS) is 11.1. The molecule has 96 valence electrons. The molecule has 0 fully saturated rings. The van der Waals surface area contributed by atoms with Crippen molar-refractivity contribution < 1.29 is 14.3 Å². The Hall–Kier alpha value is -0.610. The maximum absolute atomic E-state index is 11.3. The zero-order valence-electron chi connectivity index (χ0n) is 11.0. The summed E-state index contributed by atoms with van der Waals surface area (Å²) in [6.07, 6.45) is 1.27. The van der Waals surface area contributed by atoms with Gasteiger partial charge in [0.15, 0.2) is 0 Å². The monoisotopic (exact) mass is 231 g/mol. The van der Waals surface area contributed by atoms with Crippen LogP contribution >= 0.6 is 0 Å². The Morgan fingerprint density at radius 1 is 1.25 bits per heavy atom. The molecule has 4 nitrogen and oxygen atoms in total. The van der Waals surface area contributed by atoms with Crippen LogP contribution in [0, 0.1) is 0 Å². The van der Waals surface area contributed by atoms with Crippen molar-refractivity contribution in [2.75, 3.05) is 32.8 Å². The molecular weight excluding hydrogens is 206 g/mol. The first-order valence-electron chi connectivity index (χ1n) is 6.09. The van der Waals surface area contributed by atoms with E-state index in [1.807, 2.05) is 20.8 Å². The van der Waals surface area contributed by atoms with Gasteiger partial charge in [0.25, 0.3) is 0 Å². The zero-order valence-corrected chi connectivity index (χ0v) is 11.0. The summed E-state index contributed by atoms with van der Waals surface area (Å²) in [6, 6.07) is 0. The van der Waals surface area contributed by atoms with Crippen LogP contribution in [-0.2, 0) is 14.3 Å². The Bertz CT molecular complexity index is 183. The summed E-state index contributed by atoms with van der Waals surface area (Å²) in [7, 11) is 0. The Kier molecular flexibility index (Phi) is 9.24. The van der Waals surface area contributed by atoms with Crippen LogP contribution in [0.15, 0.2) is 0 Å². The molecular formula is C12H25NO3. The fourth-order valence-electron chi connectivity index (χ4n) is 1.39. The third kappa shape index (κ3) is 8.68. The van der Waals surface area contributed by atoms with Gasteiger partial charge in [0.05, 0.1) is 25.9 Å². The number of rotatable bonds is 9. The summed E-state index contributed by atoms with van der Waals surface area (Å²) in [4.78, 5) is 13.4. The Morgan fingerprint density at radius 3 is 2.44 bits per heavy atom. The van der Waals surface area contributed by atoms with Crippen molar-refractivity contribution in [1.82, 2.24) is 4.90 Å². The number of carbonyl (C=O) groups excluding carboxylic acids is 1. The van der Waals surface area contributed by atoms with Crippen molar-refractivity contribution in [2.24, 2.45) is 0 Å². The third-order valence-corrected chi connectivity index (χ3v) is 2.06. The summed E-state index contributed by atoms with van der Waals surface area (Å²) in [5.74, 6) is -0.152. The molecule has 0 N–H and O–H groups in total.